The van der Waals surface area contributed by atoms with E-state index in [1.807, 2.05) is 18.7 Å². The Hall–Kier alpha value is -2.48. The third kappa shape index (κ3) is 5.06. The quantitative estimate of drug-likeness (QED) is 0.490. The average Bonchev–Trinajstić information content (AvgIpc) is 3.29. The van der Waals surface area contributed by atoms with Crippen LogP contribution in [0, 0.1) is 23.0 Å². The molecule has 1 aliphatic heterocycles. The lowest BCUT2D eigenvalue weighted by Gasteiger charge is -2.42. The SMILES string of the molecule is CCN(CC)C(=O)[C@@H](C1CCCC1)N1CCN(C(=O)c2ccc(C)c([N+](=O)[O-])c2)CC1. The van der Waals surface area contributed by atoms with E-state index in [9.17, 15) is 19.7 Å². The van der Waals surface area contributed by atoms with Crippen LogP contribution in [0.1, 0.15) is 55.5 Å². The van der Waals surface area contributed by atoms with Gasteiger partial charge in [0.15, 0.2) is 0 Å². The van der Waals surface area contributed by atoms with E-state index in [1.165, 1.54) is 18.9 Å². The van der Waals surface area contributed by atoms with E-state index in [1.54, 1.807) is 24.0 Å². The summed E-state index contributed by atoms with van der Waals surface area (Å²) in [6.07, 6.45) is 4.53. The smallest absolute Gasteiger partial charge is 0.273 e. The van der Waals surface area contributed by atoms with Crippen molar-refractivity contribution in [1.82, 2.24) is 14.7 Å². The Balaban J connectivity index is 1.70. The Morgan fingerprint density at radius 3 is 2.29 bits per heavy atom. The Kier molecular flexibility index (Phi) is 7.64. The fourth-order valence-electron chi connectivity index (χ4n) is 4.98. The molecule has 8 nitrogen and oxygen atoms in total. The molecular formula is C23H34N4O4. The number of carbonyl (C=O) groups excluding carboxylic acids is 2. The van der Waals surface area contributed by atoms with Gasteiger partial charge in [-0.15, -0.1) is 0 Å². The van der Waals surface area contributed by atoms with E-state index in [2.05, 4.69) is 4.90 Å². The maximum absolute atomic E-state index is 13.3. The highest BCUT2D eigenvalue weighted by Gasteiger charge is 2.38. The van der Waals surface area contributed by atoms with Crippen molar-refractivity contribution >= 4 is 17.5 Å². The second kappa shape index (κ2) is 10.2. The predicted octanol–water partition coefficient (Wildman–Crippen LogP) is 3.09. The third-order valence-electron chi connectivity index (χ3n) is 6.82. The molecule has 2 fully saturated rings. The number of hydrogen-bond acceptors (Lipinski definition) is 5. The number of nitro groups is 1. The van der Waals surface area contributed by atoms with Crippen molar-refractivity contribution in [2.75, 3.05) is 39.3 Å². The second-order valence-electron chi connectivity index (χ2n) is 8.59. The van der Waals surface area contributed by atoms with E-state index >= 15 is 0 Å². The zero-order valence-electron chi connectivity index (χ0n) is 18.9. The number of nitro benzene ring substituents is 1. The van der Waals surface area contributed by atoms with Crippen LogP contribution in [-0.2, 0) is 4.79 Å². The molecule has 1 saturated heterocycles. The van der Waals surface area contributed by atoms with Crippen LogP contribution < -0.4 is 0 Å². The van der Waals surface area contributed by atoms with Gasteiger partial charge in [0.1, 0.15) is 0 Å². The summed E-state index contributed by atoms with van der Waals surface area (Å²) in [7, 11) is 0. The first-order valence-corrected chi connectivity index (χ1v) is 11.4. The van der Waals surface area contributed by atoms with Crippen LogP contribution in [0.5, 0.6) is 0 Å². The second-order valence-corrected chi connectivity index (χ2v) is 8.59. The molecule has 0 spiro atoms. The molecule has 1 aromatic carbocycles. The Morgan fingerprint density at radius 1 is 1.13 bits per heavy atom. The van der Waals surface area contributed by atoms with Crippen molar-refractivity contribution in [3.63, 3.8) is 0 Å². The molecule has 0 aromatic heterocycles. The highest BCUT2D eigenvalue weighted by atomic mass is 16.6. The lowest BCUT2D eigenvalue weighted by Crippen LogP contribution is -2.58. The van der Waals surface area contributed by atoms with Crippen LogP contribution >= 0.6 is 0 Å². The maximum Gasteiger partial charge on any atom is 0.273 e. The number of piperazine rings is 1. The minimum atomic E-state index is -0.449. The van der Waals surface area contributed by atoms with Gasteiger partial charge in [0, 0.05) is 56.5 Å². The largest absolute Gasteiger partial charge is 0.342 e. The minimum absolute atomic E-state index is 0.0318. The standard InChI is InChI=1S/C23H34N4O4/c1-4-24(5-2)23(29)21(18-8-6-7-9-18)25-12-14-26(15-13-25)22(28)19-11-10-17(3)20(16-19)27(30)31/h10-11,16,18,21H,4-9,12-15H2,1-3H3/t21-/m1/s1. The molecule has 2 aliphatic rings. The molecule has 1 aliphatic carbocycles. The number of aryl methyl sites for hydroxylation is 1. The molecule has 0 unspecified atom stereocenters. The third-order valence-corrected chi connectivity index (χ3v) is 6.82. The van der Waals surface area contributed by atoms with Gasteiger partial charge >= 0.3 is 0 Å². The van der Waals surface area contributed by atoms with Gasteiger partial charge in [-0.25, -0.2) is 0 Å². The Bertz CT molecular complexity index is 810. The fraction of sp³-hybridized carbons (Fsp3) is 0.652. The van der Waals surface area contributed by atoms with Gasteiger partial charge in [-0.2, -0.15) is 0 Å². The maximum atomic E-state index is 13.3. The normalized spacial score (nSPS) is 18.7. The Labute approximate surface area is 184 Å². The predicted molar refractivity (Wildman–Crippen MR) is 119 cm³/mol. The van der Waals surface area contributed by atoms with Crippen LogP contribution in [-0.4, -0.2) is 76.7 Å². The molecule has 1 atom stereocenters. The van der Waals surface area contributed by atoms with Crippen LogP contribution in [0.25, 0.3) is 0 Å². The van der Waals surface area contributed by atoms with Crippen LogP contribution in [0.2, 0.25) is 0 Å². The van der Waals surface area contributed by atoms with Crippen molar-refractivity contribution in [2.45, 2.75) is 52.5 Å². The summed E-state index contributed by atoms with van der Waals surface area (Å²) in [5, 5.41) is 11.2. The van der Waals surface area contributed by atoms with Gasteiger partial charge < -0.3 is 9.80 Å². The van der Waals surface area contributed by atoms with E-state index in [0.29, 0.717) is 56.3 Å². The number of carbonyl (C=O) groups is 2. The molecule has 31 heavy (non-hydrogen) atoms. The first kappa shape index (κ1) is 23.2. The fourth-order valence-corrected chi connectivity index (χ4v) is 4.98. The number of benzene rings is 1. The number of hydrogen-bond donors (Lipinski definition) is 0. The molecule has 0 radical (unpaired) electrons. The van der Waals surface area contributed by atoms with Gasteiger partial charge in [-0.05, 0) is 45.6 Å². The van der Waals surface area contributed by atoms with E-state index in [4.69, 9.17) is 0 Å². The number of nitrogens with zero attached hydrogens (tertiary/aromatic N) is 4. The summed E-state index contributed by atoms with van der Waals surface area (Å²) in [4.78, 5) is 43.0. The van der Waals surface area contributed by atoms with E-state index < -0.39 is 4.92 Å². The first-order valence-electron chi connectivity index (χ1n) is 11.4. The molecule has 3 rings (SSSR count). The minimum Gasteiger partial charge on any atom is -0.342 e. The van der Waals surface area contributed by atoms with Gasteiger partial charge in [0.05, 0.1) is 11.0 Å². The average molecular weight is 431 g/mol. The molecular weight excluding hydrogens is 396 g/mol. The summed E-state index contributed by atoms with van der Waals surface area (Å²) in [5.41, 5.74) is 0.855. The van der Waals surface area contributed by atoms with Gasteiger partial charge in [-0.1, -0.05) is 18.9 Å². The zero-order chi connectivity index (χ0) is 22.5. The summed E-state index contributed by atoms with van der Waals surface area (Å²) >= 11 is 0. The van der Waals surface area contributed by atoms with Crippen molar-refractivity contribution in [3.8, 4) is 0 Å². The molecule has 2 amide bonds. The molecule has 170 valence electrons. The number of amides is 2. The molecule has 0 N–H and O–H groups in total. The summed E-state index contributed by atoms with van der Waals surface area (Å²) in [6.45, 7) is 9.47. The van der Waals surface area contributed by atoms with Crippen LogP contribution in [0.3, 0.4) is 0 Å². The molecule has 8 heteroatoms. The van der Waals surface area contributed by atoms with E-state index in [0.717, 1.165) is 12.8 Å². The van der Waals surface area contributed by atoms with Crippen molar-refractivity contribution in [1.29, 1.82) is 0 Å². The van der Waals surface area contributed by atoms with Crippen molar-refractivity contribution < 1.29 is 14.5 Å². The summed E-state index contributed by atoms with van der Waals surface area (Å²) < 4.78 is 0. The monoisotopic (exact) mass is 430 g/mol. The Morgan fingerprint density at radius 2 is 1.74 bits per heavy atom. The first-order chi connectivity index (χ1) is 14.9. The lowest BCUT2D eigenvalue weighted by atomic mass is 9.94. The van der Waals surface area contributed by atoms with Crippen molar-refractivity contribution in [2.24, 2.45) is 5.92 Å². The lowest BCUT2D eigenvalue weighted by molar-refractivity contribution is -0.385. The van der Waals surface area contributed by atoms with Crippen LogP contribution in [0.4, 0.5) is 5.69 Å². The molecule has 1 aromatic rings. The number of likely N-dealkylation sites (N-methyl/N-ethyl adjacent to an activating group) is 1. The van der Waals surface area contributed by atoms with Gasteiger partial charge in [-0.3, -0.25) is 24.6 Å². The van der Waals surface area contributed by atoms with Gasteiger partial charge in [0.25, 0.3) is 11.6 Å². The number of rotatable bonds is 7. The van der Waals surface area contributed by atoms with E-state index in [-0.39, 0.29) is 23.5 Å². The summed E-state index contributed by atoms with van der Waals surface area (Å²) in [5.74, 6) is 0.413. The highest BCUT2D eigenvalue weighted by Crippen LogP contribution is 2.32. The molecule has 0 bridgehead atoms. The zero-order valence-corrected chi connectivity index (χ0v) is 18.9. The van der Waals surface area contributed by atoms with Crippen molar-refractivity contribution in [3.05, 3.63) is 39.4 Å². The molecule has 1 saturated carbocycles. The molecule has 1 heterocycles. The van der Waals surface area contributed by atoms with Crippen LogP contribution in [0.15, 0.2) is 18.2 Å². The summed E-state index contributed by atoms with van der Waals surface area (Å²) in [6, 6.07) is 4.54. The van der Waals surface area contributed by atoms with Gasteiger partial charge in [0.2, 0.25) is 5.91 Å². The topological polar surface area (TPSA) is 87.0 Å². The highest BCUT2D eigenvalue weighted by molar-refractivity contribution is 5.95.